The fraction of sp³-hybridized carbons (Fsp3) is 0.136. The molecule has 0 aliphatic carbocycles. The zero-order valence-electron chi connectivity index (χ0n) is 15.9. The molecule has 3 rings (SSSR count). The number of esters is 1. The topological polar surface area (TPSA) is 63.0 Å². The first-order valence-electron chi connectivity index (χ1n) is 8.81. The molecule has 0 N–H and O–H groups in total. The minimum absolute atomic E-state index is 0.0187. The van der Waals surface area contributed by atoms with Crippen LogP contribution in [0.1, 0.15) is 28.5 Å². The molecule has 0 fully saturated rings. The van der Waals surface area contributed by atoms with E-state index in [1.165, 1.54) is 12.2 Å². The lowest BCUT2D eigenvalue weighted by Crippen LogP contribution is -2.10. The molecule has 152 valence electrons. The van der Waals surface area contributed by atoms with Gasteiger partial charge in [-0.05, 0) is 37.6 Å². The van der Waals surface area contributed by atoms with Gasteiger partial charge in [0.1, 0.15) is 11.1 Å². The average Bonchev–Trinajstić information content (AvgIpc) is 2.70. The molecule has 8 heteroatoms. The van der Waals surface area contributed by atoms with Crippen LogP contribution in [0.3, 0.4) is 0 Å². The first-order valence-corrected chi connectivity index (χ1v) is 9.95. The molecule has 0 unspecified atom stereocenters. The molecule has 1 heterocycles. The van der Waals surface area contributed by atoms with Crippen LogP contribution in [-0.4, -0.2) is 17.6 Å². The molecule has 0 spiro atoms. The monoisotopic (exact) mass is 462 g/mol. The maximum Gasteiger partial charge on any atom is 0.341 e. The Bertz CT molecular complexity index is 1250. The Morgan fingerprint density at radius 2 is 2.03 bits per heavy atom. The van der Waals surface area contributed by atoms with Crippen LogP contribution in [-0.2, 0) is 4.74 Å². The van der Waals surface area contributed by atoms with Gasteiger partial charge >= 0.3 is 5.97 Å². The largest absolute Gasteiger partial charge is 0.462 e. The summed E-state index contributed by atoms with van der Waals surface area (Å²) in [7, 11) is 0. The van der Waals surface area contributed by atoms with Gasteiger partial charge in [0.05, 0.1) is 33.4 Å². The Kier molecular flexibility index (Phi) is 6.62. The summed E-state index contributed by atoms with van der Waals surface area (Å²) in [6.45, 7) is 3.37. The van der Waals surface area contributed by atoms with Crippen LogP contribution in [0.5, 0.6) is 0 Å². The van der Waals surface area contributed by atoms with Crippen molar-refractivity contribution in [2.24, 2.45) is 0 Å². The molecule has 0 aliphatic rings. The van der Waals surface area contributed by atoms with Crippen molar-refractivity contribution < 1.29 is 13.9 Å². The lowest BCUT2D eigenvalue weighted by molar-refractivity contribution is 0.0525. The maximum absolute atomic E-state index is 15.7. The number of hydrogen-bond donors (Lipinski definition) is 0. The summed E-state index contributed by atoms with van der Waals surface area (Å²) in [5.74, 6) is -1.35. The number of pyridine rings is 1. The number of allylic oxidation sites excluding steroid dienone is 1. The lowest BCUT2D eigenvalue weighted by atomic mass is 9.95. The van der Waals surface area contributed by atoms with Gasteiger partial charge in [-0.1, -0.05) is 46.9 Å². The fourth-order valence-electron chi connectivity index (χ4n) is 3.12. The predicted octanol–water partition coefficient (Wildman–Crippen LogP) is 7.02. The van der Waals surface area contributed by atoms with E-state index in [4.69, 9.17) is 44.8 Å². The molecule has 0 saturated heterocycles. The van der Waals surface area contributed by atoms with E-state index in [-0.39, 0.29) is 49.4 Å². The molecule has 0 saturated carbocycles. The van der Waals surface area contributed by atoms with Gasteiger partial charge in [-0.15, -0.1) is 0 Å². The highest BCUT2D eigenvalue weighted by Crippen LogP contribution is 2.41. The van der Waals surface area contributed by atoms with Crippen molar-refractivity contribution in [3.05, 3.63) is 68.0 Å². The highest BCUT2D eigenvalue weighted by Gasteiger charge is 2.24. The number of carbonyl (C=O) groups excluding carboxylic acids is 1. The van der Waals surface area contributed by atoms with Gasteiger partial charge in [-0.2, -0.15) is 5.26 Å². The van der Waals surface area contributed by atoms with E-state index in [9.17, 15) is 4.79 Å². The van der Waals surface area contributed by atoms with Gasteiger partial charge < -0.3 is 4.74 Å². The van der Waals surface area contributed by atoms with Crippen molar-refractivity contribution in [3.63, 3.8) is 0 Å². The number of aromatic nitrogens is 1. The highest BCUT2D eigenvalue weighted by atomic mass is 35.5. The summed E-state index contributed by atoms with van der Waals surface area (Å²) < 4.78 is 20.8. The molecular weight excluding hydrogens is 450 g/mol. The van der Waals surface area contributed by atoms with E-state index in [1.807, 2.05) is 6.07 Å². The summed E-state index contributed by atoms with van der Waals surface area (Å²) in [4.78, 5) is 16.6. The summed E-state index contributed by atoms with van der Waals surface area (Å²) >= 11 is 18.9. The molecule has 0 radical (unpaired) electrons. The summed E-state index contributed by atoms with van der Waals surface area (Å²) in [6.07, 6.45) is 2.62. The Morgan fingerprint density at radius 3 is 2.70 bits per heavy atom. The minimum atomic E-state index is -0.699. The molecule has 0 bridgehead atoms. The van der Waals surface area contributed by atoms with Crippen molar-refractivity contribution in [2.75, 3.05) is 6.61 Å². The van der Waals surface area contributed by atoms with Gasteiger partial charge in [0.15, 0.2) is 5.82 Å². The van der Waals surface area contributed by atoms with E-state index in [0.717, 1.165) is 0 Å². The molecule has 0 aliphatic heterocycles. The second-order valence-corrected chi connectivity index (χ2v) is 7.38. The van der Waals surface area contributed by atoms with E-state index >= 15 is 4.39 Å². The maximum atomic E-state index is 15.7. The van der Waals surface area contributed by atoms with Crippen LogP contribution in [0.15, 0.2) is 30.3 Å². The van der Waals surface area contributed by atoms with Crippen LogP contribution >= 0.6 is 34.8 Å². The lowest BCUT2D eigenvalue weighted by Gasteiger charge is -2.16. The zero-order valence-corrected chi connectivity index (χ0v) is 18.2. The molecule has 2 aromatic carbocycles. The van der Waals surface area contributed by atoms with Crippen LogP contribution in [0.2, 0.25) is 15.1 Å². The third kappa shape index (κ3) is 3.87. The first-order chi connectivity index (χ1) is 14.3. The quantitative estimate of drug-likeness (QED) is 0.308. The molecule has 0 amide bonds. The van der Waals surface area contributed by atoms with Gasteiger partial charge in [-0.3, -0.25) is 0 Å². The Balaban J connectivity index is 2.44. The van der Waals surface area contributed by atoms with Crippen molar-refractivity contribution >= 4 is 57.8 Å². The zero-order chi connectivity index (χ0) is 22.0. The normalized spacial score (nSPS) is 11.1. The van der Waals surface area contributed by atoms with E-state index in [2.05, 4.69) is 4.98 Å². The molecule has 4 nitrogen and oxygen atoms in total. The molecule has 1 aromatic heterocycles. The molecular formula is C22H14Cl3FN2O2. The Hall–Kier alpha value is -2.65. The number of hydrogen-bond acceptors (Lipinski definition) is 4. The van der Waals surface area contributed by atoms with Crippen molar-refractivity contribution in [2.45, 2.75) is 13.8 Å². The van der Waals surface area contributed by atoms with Crippen molar-refractivity contribution in [3.8, 4) is 17.2 Å². The number of nitriles is 1. The second kappa shape index (κ2) is 9.01. The van der Waals surface area contributed by atoms with Crippen molar-refractivity contribution in [1.82, 2.24) is 4.98 Å². The smallest absolute Gasteiger partial charge is 0.341 e. The number of nitrogens with zero attached hydrogens (tertiary/aromatic N) is 2. The molecule has 3 aromatic rings. The first kappa shape index (κ1) is 22.0. The number of carbonyl (C=O) groups is 1. The third-order valence-corrected chi connectivity index (χ3v) is 5.62. The Labute approximate surface area is 187 Å². The number of rotatable bonds is 4. The van der Waals surface area contributed by atoms with Crippen LogP contribution in [0.25, 0.3) is 28.1 Å². The number of aryl methyl sites for hydroxylation is 1. The summed E-state index contributed by atoms with van der Waals surface area (Å²) in [6, 6.07) is 8.26. The van der Waals surface area contributed by atoms with Crippen LogP contribution in [0.4, 0.5) is 4.39 Å². The van der Waals surface area contributed by atoms with E-state index in [1.54, 1.807) is 38.1 Å². The van der Waals surface area contributed by atoms with E-state index < -0.39 is 11.8 Å². The highest BCUT2D eigenvalue weighted by molar-refractivity contribution is 6.44. The standard InChI is InChI=1S/C22H14Cl3FN2O2/c1-3-30-22(29)16-11(2)28-21-14(19(16)25)10-12(6-5-9-27)17(20(21)26)13-7-4-8-15(23)18(13)24/h4-8,10H,3H2,1-2H3. The van der Waals surface area contributed by atoms with Crippen LogP contribution < -0.4 is 0 Å². The van der Waals surface area contributed by atoms with Gasteiger partial charge in [0.25, 0.3) is 0 Å². The third-order valence-electron chi connectivity index (χ3n) is 4.41. The molecule has 0 atom stereocenters. The van der Waals surface area contributed by atoms with Gasteiger partial charge in [0, 0.05) is 22.6 Å². The van der Waals surface area contributed by atoms with E-state index in [0.29, 0.717) is 11.1 Å². The summed E-state index contributed by atoms with van der Waals surface area (Å²) in [5.41, 5.74) is 1.04. The van der Waals surface area contributed by atoms with Crippen LogP contribution in [0, 0.1) is 24.1 Å². The number of benzene rings is 2. The predicted molar refractivity (Wildman–Crippen MR) is 118 cm³/mol. The summed E-state index contributed by atoms with van der Waals surface area (Å²) in [5, 5.41) is 9.60. The number of halogens is 4. The second-order valence-electron chi connectivity index (χ2n) is 6.22. The fourth-order valence-corrected chi connectivity index (χ4v) is 3.88. The molecule has 30 heavy (non-hydrogen) atoms. The number of fused-ring (bicyclic) bond motifs is 1. The average molecular weight is 464 g/mol. The SMILES string of the molecule is CCOC(=O)c1c(C)nc2c(F)c(-c3cccc(Cl)c3Cl)c(C=CC#N)cc2c1Cl. The van der Waals surface area contributed by atoms with Crippen molar-refractivity contribution in [1.29, 1.82) is 5.26 Å². The Morgan fingerprint density at radius 1 is 1.30 bits per heavy atom. The van der Waals surface area contributed by atoms with Gasteiger partial charge in [0.2, 0.25) is 0 Å². The van der Waals surface area contributed by atoms with Gasteiger partial charge in [-0.25, -0.2) is 14.2 Å². The minimum Gasteiger partial charge on any atom is -0.462 e. The number of ether oxygens (including phenoxy) is 1.